The second-order valence-corrected chi connectivity index (χ2v) is 5.18. The number of ether oxygens (including phenoxy) is 1. The maximum absolute atomic E-state index is 11.0. The molecule has 1 aromatic carbocycles. The van der Waals surface area contributed by atoms with Gasteiger partial charge < -0.3 is 14.7 Å². The van der Waals surface area contributed by atoms with E-state index in [0.29, 0.717) is 11.4 Å². The van der Waals surface area contributed by atoms with Gasteiger partial charge in [0.15, 0.2) is 0 Å². The third-order valence-electron chi connectivity index (χ3n) is 3.92. The van der Waals surface area contributed by atoms with E-state index in [4.69, 9.17) is 4.74 Å². The molecule has 1 aliphatic carbocycles. The van der Waals surface area contributed by atoms with Crippen molar-refractivity contribution in [2.45, 2.75) is 37.8 Å². The first-order valence-corrected chi connectivity index (χ1v) is 6.77. The molecule has 0 heterocycles. The van der Waals surface area contributed by atoms with Crippen molar-refractivity contribution in [3.63, 3.8) is 0 Å². The van der Waals surface area contributed by atoms with E-state index in [0.717, 1.165) is 25.7 Å². The second kappa shape index (κ2) is 6.09. The standard InChI is InChI=1S/C14H20N2O4/c1-15(13-5-3-4-6-14(13)17)10-7-11(16(18)19)9-12(8-10)20-2/h7-9,13-14,17H,3-6H2,1-2H3. The molecule has 1 aliphatic rings. The lowest BCUT2D eigenvalue weighted by atomic mass is 9.91. The quantitative estimate of drug-likeness (QED) is 0.676. The molecule has 0 aromatic heterocycles. The molecule has 0 radical (unpaired) electrons. The Morgan fingerprint density at radius 1 is 1.35 bits per heavy atom. The SMILES string of the molecule is COc1cc(N(C)C2CCCCC2O)cc([N+](=O)[O-])c1. The molecule has 1 N–H and O–H groups in total. The van der Waals surface area contributed by atoms with E-state index in [1.807, 2.05) is 11.9 Å². The number of hydrogen-bond acceptors (Lipinski definition) is 5. The third kappa shape index (κ3) is 3.01. The van der Waals surface area contributed by atoms with Crippen molar-refractivity contribution >= 4 is 11.4 Å². The van der Waals surface area contributed by atoms with E-state index in [-0.39, 0.29) is 17.8 Å². The summed E-state index contributed by atoms with van der Waals surface area (Å²) in [4.78, 5) is 12.4. The predicted octanol–water partition coefficient (Wildman–Crippen LogP) is 2.34. The van der Waals surface area contributed by atoms with Gasteiger partial charge in [-0.3, -0.25) is 10.1 Å². The fourth-order valence-electron chi connectivity index (χ4n) is 2.73. The van der Waals surface area contributed by atoms with Crippen LogP contribution in [0.4, 0.5) is 11.4 Å². The highest BCUT2D eigenvalue weighted by Crippen LogP contribution is 2.32. The van der Waals surface area contributed by atoms with Crippen LogP contribution in [-0.4, -0.2) is 36.3 Å². The van der Waals surface area contributed by atoms with Gasteiger partial charge in [0.1, 0.15) is 5.75 Å². The molecule has 1 fully saturated rings. The molecular weight excluding hydrogens is 260 g/mol. The topological polar surface area (TPSA) is 75.8 Å². The second-order valence-electron chi connectivity index (χ2n) is 5.18. The van der Waals surface area contributed by atoms with Crippen molar-refractivity contribution in [3.8, 4) is 5.75 Å². The molecule has 0 bridgehead atoms. The van der Waals surface area contributed by atoms with Gasteiger partial charge in [0.05, 0.1) is 30.2 Å². The van der Waals surface area contributed by atoms with Crippen LogP contribution in [-0.2, 0) is 0 Å². The molecule has 2 rings (SSSR count). The fraction of sp³-hybridized carbons (Fsp3) is 0.571. The summed E-state index contributed by atoms with van der Waals surface area (Å²) in [5.74, 6) is 0.450. The van der Waals surface area contributed by atoms with Crippen molar-refractivity contribution in [1.29, 1.82) is 0 Å². The highest BCUT2D eigenvalue weighted by Gasteiger charge is 2.27. The van der Waals surface area contributed by atoms with E-state index >= 15 is 0 Å². The van der Waals surface area contributed by atoms with Gasteiger partial charge in [0.2, 0.25) is 0 Å². The molecule has 6 nitrogen and oxygen atoms in total. The van der Waals surface area contributed by atoms with Crippen LogP contribution in [0, 0.1) is 10.1 Å². The van der Waals surface area contributed by atoms with Crippen LogP contribution in [0.2, 0.25) is 0 Å². The number of rotatable bonds is 4. The van der Waals surface area contributed by atoms with Crippen LogP contribution in [0.3, 0.4) is 0 Å². The first kappa shape index (κ1) is 14.6. The van der Waals surface area contributed by atoms with Crippen LogP contribution in [0.5, 0.6) is 5.75 Å². The lowest BCUT2D eigenvalue weighted by Gasteiger charge is -2.36. The number of benzene rings is 1. The normalized spacial score (nSPS) is 22.4. The summed E-state index contributed by atoms with van der Waals surface area (Å²) < 4.78 is 5.12. The lowest BCUT2D eigenvalue weighted by molar-refractivity contribution is -0.384. The fourth-order valence-corrected chi connectivity index (χ4v) is 2.73. The summed E-state index contributed by atoms with van der Waals surface area (Å²) >= 11 is 0. The molecule has 0 amide bonds. The number of non-ortho nitro benzene ring substituents is 1. The van der Waals surface area contributed by atoms with E-state index < -0.39 is 4.92 Å². The largest absolute Gasteiger partial charge is 0.496 e. The van der Waals surface area contributed by atoms with Gasteiger partial charge in [0.25, 0.3) is 5.69 Å². The number of hydrogen-bond donors (Lipinski definition) is 1. The third-order valence-corrected chi connectivity index (χ3v) is 3.92. The van der Waals surface area contributed by atoms with Crippen LogP contribution < -0.4 is 9.64 Å². The number of nitro groups is 1. The van der Waals surface area contributed by atoms with Crippen molar-refractivity contribution in [3.05, 3.63) is 28.3 Å². The highest BCUT2D eigenvalue weighted by molar-refractivity contribution is 5.58. The molecule has 110 valence electrons. The maximum atomic E-state index is 11.0. The van der Waals surface area contributed by atoms with Crippen LogP contribution in [0.25, 0.3) is 0 Å². The summed E-state index contributed by atoms with van der Waals surface area (Å²) in [7, 11) is 3.34. The van der Waals surface area contributed by atoms with Gasteiger partial charge in [-0.1, -0.05) is 12.8 Å². The zero-order valence-electron chi connectivity index (χ0n) is 11.8. The molecule has 6 heteroatoms. The first-order valence-electron chi connectivity index (χ1n) is 6.77. The van der Waals surface area contributed by atoms with Crippen molar-refractivity contribution < 1.29 is 14.8 Å². The van der Waals surface area contributed by atoms with Crippen molar-refractivity contribution in [1.82, 2.24) is 0 Å². The van der Waals surface area contributed by atoms with Crippen LogP contribution in [0.1, 0.15) is 25.7 Å². The number of aliphatic hydroxyl groups excluding tert-OH is 1. The number of likely N-dealkylation sites (N-methyl/N-ethyl adjacent to an activating group) is 1. The molecule has 2 unspecified atom stereocenters. The average molecular weight is 280 g/mol. The molecule has 0 saturated heterocycles. The van der Waals surface area contributed by atoms with Crippen LogP contribution in [0.15, 0.2) is 18.2 Å². The summed E-state index contributed by atoms with van der Waals surface area (Å²) in [5.41, 5.74) is 0.693. The Kier molecular flexibility index (Phi) is 4.44. The van der Waals surface area contributed by atoms with Gasteiger partial charge in [0, 0.05) is 24.9 Å². The van der Waals surface area contributed by atoms with Gasteiger partial charge >= 0.3 is 0 Å². The Balaban J connectivity index is 2.30. The summed E-state index contributed by atoms with van der Waals surface area (Å²) in [6, 6.07) is 4.67. The van der Waals surface area contributed by atoms with Crippen LogP contribution >= 0.6 is 0 Å². The molecule has 0 aliphatic heterocycles. The Bertz CT molecular complexity index is 492. The number of aliphatic hydroxyl groups is 1. The zero-order chi connectivity index (χ0) is 14.7. The maximum Gasteiger partial charge on any atom is 0.275 e. The molecule has 2 atom stereocenters. The smallest absolute Gasteiger partial charge is 0.275 e. The minimum Gasteiger partial charge on any atom is -0.496 e. The lowest BCUT2D eigenvalue weighted by Crippen LogP contribution is -2.43. The molecule has 0 spiro atoms. The number of nitro benzene ring substituents is 1. The number of anilines is 1. The van der Waals surface area contributed by atoms with Gasteiger partial charge in [-0.2, -0.15) is 0 Å². The summed E-state index contributed by atoms with van der Waals surface area (Å²) in [5, 5.41) is 21.1. The van der Waals surface area contributed by atoms with Gasteiger partial charge in [-0.15, -0.1) is 0 Å². The Morgan fingerprint density at radius 3 is 2.65 bits per heavy atom. The number of nitrogens with zero attached hydrogens (tertiary/aromatic N) is 2. The highest BCUT2D eigenvalue weighted by atomic mass is 16.6. The van der Waals surface area contributed by atoms with E-state index in [9.17, 15) is 15.2 Å². The van der Waals surface area contributed by atoms with Gasteiger partial charge in [-0.25, -0.2) is 0 Å². The Hall–Kier alpha value is -1.82. The monoisotopic (exact) mass is 280 g/mol. The van der Waals surface area contributed by atoms with E-state index in [2.05, 4.69) is 0 Å². The zero-order valence-corrected chi connectivity index (χ0v) is 11.8. The van der Waals surface area contributed by atoms with Gasteiger partial charge in [-0.05, 0) is 12.8 Å². The summed E-state index contributed by atoms with van der Waals surface area (Å²) in [6.45, 7) is 0. The molecule has 20 heavy (non-hydrogen) atoms. The molecule has 1 saturated carbocycles. The average Bonchev–Trinajstić information content (AvgIpc) is 2.46. The molecule has 1 aromatic rings. The predicted molar refractivity (Wildman–Crippen MR) is 76.3 cm³/mol. The number of methoxy groups -OCH3 is 1. The van der Waals surface area contributed by atoms with Crippen molar-refractivity contribution in [2.24, 2.45) is 0 Å². The Morgan fingerprint density at radius 2 is 2.05 bits per heavy atom. The minimum atomic E-state index is -0.433. The van der Waals surface area contributed by atoms with E-state index in [1.54, 1.807) is 6.07 Å². The van der Waals surface area contributed by atoms with Crippen molar-refractivity contribution in [2.75, 3.05) is 19.1 Å². The first-order chi connectivity index (χ1) is 9.52. The van der Waals surface area contributed by atoms with E-state index in [1.165, 1.54) is 19.2 Å². The minimum absolute atomic E-state index is 0.00324. The molecular formula is C14H20N2O4. The Labute approximate surface area is 118 Å². The summed E-state index contributed by atoms with van der Waals surface area (Å²) in [6.07, 6.45) is 3.38.